The van der Waals surface area contributed by atoms with Gasteiger partial charge in [-0.2, -0.15) is 0 Å². The third kappa shape index (κ3) is 4.39. The molecule has 4 rings (SSSR count). The minimum absolute atomic E-state index is 0.270. The normalized spacial score (nSPS) is 14.7. The zero-order valence-electron chi connectivity index (χ0n) is 21.0. The van der Waals surface area contributed by atoms with Crippen molar-refractivity contribution in [3.05, 3.63) is 94.0 Å². The van der Waals surface area contributed by atoms with Crippen LogP contribution >= 0.6 is 0 Å². The highest BCUT2D eigenvalue weighted by Crippen LogP contribution is 2.37. The Kier molecular flexibility index (Phi) is 6.65. The molecule has 1 aliphatic rings. The molecule has 1 amide bonds. The van der Waals surface area contributed by atoms with Crippen LogP contribution in [0.3, 0.4) is 0 Å². The first-order chi connectivity index (χ1) is 16.8. The number of anilines is 1. The number of esters is 1. The molecule has 0 unspecified atom stereocenters. The number of rotatable bonds is 6. The first kappa shape index (κ1) is 24.1. The van der Waals surface area contributed by atoms with Gasteiger partial charge in [-0.05, 0) is 94.3 Å². The van der Waals surface area contributed by atoms with Crippen LogP contribution in [-0.2, 0) is 14.3 Å². The SMILES string of the molecule is CCOc1ccc(N2C(=O)/C(=C\c3cc(C)n(-c4cccc(C)c4)c3C)C(C(=O)OC)=C2C)cc1. The molecular formula is C29H30N2O4. The van der Waals surface area contributed by atoms with E-state index in [0.29, 0.717) is 23.6 Å². The van der Waals surface area contributed by atoms with Crippen LogP contribution in [0.1, 0.15) is 36.4 Å². The summed E-state index contributed by atoms with van der Waals surface area (Å²) in [7, 11) is 1.33. The van der Waals surface area contributed by atoms with Gasteiger partial charge in [0.15, 0.2) is 0 Å². The van der Waals surface area contributed by atoms with Gasteiger partial charge in [-0.3, -0.25) is 9.69 Å². The number of aryl methyl sites for hydroxylation is 2. The van der Waals surface area contributed by atoms with Gasteiger partial charge >= 0.3 is 5.97 Å². The van der Waals surface area contributed by atoms with Crippen molar-refractivity contribution in [1.29, 1.82) is 0 Å². The van der Waals surface area contributed by atoms with Crippen molar-refractivity contribution in [2.45, 2.75) is 34.6 Å². The Morgan fingerprint density at radius 1 is 0.971 bits per heavy atom. The molecule has 0 spiro atoms. The smallest absolute Gasteiger partial charge is 0.340 e. The number of benzene rings is 2. The number of hydrogen-bond acceptors (Lipinski definition) is 4. The molecule has 0 saturated carbocycles. The summed E-state index contributed by atoms with van der Waals surface area (Å²) in [5.41, 5.74) is 6.88. The summed E-state index contributed by atoms with van der Waals surface area (Å²) in [5.74, 6) is -0.0903. The summed E-state index contributed by atoms with van der Waals surface area (Å²) < 4.78 is 12.7. The standard InChI is InChI=1S/C29H30N2O4/c1-7-35-25-13-11-23(12-14-25)31-21(5)27(29(33)34-6)26(28(31)32)17-22-16-19(3)30(20(22)4)24-10-8-9-18(2)15-24/h8-17H,7H2,1-6H3/b26-17-. The molecule has 6 nitrogen and oxygen atoms in total. The maximum absolute atomic E-state index is 13.6. The Morgan fingerprint density at radius 3 is 2.31 bits per heavy atom. The Morgan fingerprint density at radius 2 is 1.69 bits per heavy atom. The number of allylic oxidation sites excluding steroid dienone is 1. The summed E-state index contributed by atoms with van der Waals surface area (Å²) in [5, 5.41) is 0. The van der Waals surface area contributed by atoms with E-state index < -0.39 is 5.97 Å². The van der Waals surface area contributed by atoms with E-state index in [0.717, 1.165) is 28.4 Å². The number of methoxy groups -OCH3 is 1. The molecule has 0 bridgehead atoms. The van der Waals surface area contributed by atoms with E-state index in [1.807, 2.05) is 57.2 Å². The van der Waals surface area contributed by atoms with Gasteiger partial charge < -0.3 is 14.0 Å². The zero-order chi connectivity index (χ0) is 25.3. The number of carbonyl (C=O) groups excluding carboxylic acids is 2. The van der Waals surface area contributed by atoms with E-state index in [4.69, 9.17) is 9.47 Å². The topological polar surface area (TPSA) is 60.8 Å². The molecule has 0 N–H and O–H groups in total. The number of nitrogens with zero attached hydrogens (tertiary/aromatic N) is 2. The highest BCUT2D eigenvalue weighted by Gasteiger charge is 2.38. The van der Waals surface area contributed by atoms with E-state index in [9.17, 15) is 9.59 Å². The van der Waals surface area contributed by atoms with Crippen molar-refractivity contribution < 1.29 is 19.1 Å². The molecular weight excluding hydrogens is 440 g/mol. The second-order valence-electron chi connectivity index (χ2n) is 8.58. The van der Waals surface area contributed by atoms with Crippen LogP contribution in [0.15, 0.2) is 71.4 Å². The summed E-state index contributed by atoms with van der Waals surface area (Å²) in [6, 6.07) is 17.5. The molecule has 35 heavy (non-hydrogen) atoms. The molecule has 1 aromatic heterocycles. The zero-order valence-corrected chi connectivity index (χ0v) is 21.0. The molecule has 1 aliphatic heterocycles. The van der Waals surface area contributed by atoms with Crippen LogP contribution in [0.5, 0.6) is 5.75 Å². The number of amides is 1. The molecule has 3 aromatic rings. The van der Waals surface area contributed by atoms with E-state index in [-0.39, 0.29) is 11.5 Å². The minimum Gasteiger partial charge on any atom is -0.494 e. The van der Waals surface area contributed by atoms with Crippen LogP contribution in [0.4, 0.5) is 5.69 Å². The fourth-order valence-corrected chi connectivity index (χ4v) is 4.60. The third-order valence-electron chi connectivity index (χ3n) is 6.23. The van der Waals surface area contributed by atoms with Gasteiger partial charge in [0, 0.05) is 28.5 Å². The number of carbonyl (C=O) groups is 2. The van der Waals surface area contributed by atoms with Gasteiger partial charge in [0.25, 0.3) is 5.91 Å². The molecule has 0 radical (unpaired) electrons. The van der Waals surface area contributed by atoms with Gasteiger partial charge in [0.05, 0.1) is 24.9 Å². The average molecular weight is 471 g/mol. The Labute approximate surface area is 206 Å². The Hall–Kier alpha value is -4.06. The van der Waals surface area contributed by atoms with E-state index >= 15 is 0 Å². The second kappa shape index (κ2) is 9.66. The lowest BCUT2D eigenvalue weighted by atomic mass is 10.0. The van der Waals surface area contributed by atoms with E-state index in [1.165, 1.54) is 12.7 Å². The summed E-state index contributed by atoms with van der Waals surface area (Å²) in [6.07, 6.45) is 1.79. The maximum atomic E-state index is 13.6. The van der Waals surface area contributed by atoms with Gasteiger partial charge in [0.1, 0.15) is 5.75 Å². The van der Waals surface area contributed by atoms with Crippen molar-refractivity contribution in [2.75, 3.05) is 18.6 Å². The largest absolute Gasteiger partial charge is 0.494 e. The maximum Gasteiger partial charge on any atom is 0.340 e. The van der Waals surface area contributed by atoms with Crippen molar-refractivity contribution >= 4 is 23.6 Å². The monoisotopic (exact) mass is 470 g/mol. The Bertz CT molecular complexity index is 1360. The van der Waals surface area contributed by atoms with Crippen LogP contribution in [0, 0.1) is 20.8 Å². The quantitative estimate of drug-likeness (QED) is 0.344. The minimum atomic E-state index is -0.539. The first-order valence-corrected chi connectivity index (χ1v) is 11.6. The fraction of sp³-hybridized carbons (Fsp3) is 0.241. The lowest BCUT2D eigenvalue weighted by Crippen LogP contribution is -2.24. The van der Waals surface area contributed by atoms with Gasteiger partial charge in [0.2, 0.25) is 0 Å². The van der Waals surface area contributed by atoms with Gasteiger partial charge in [-0.1, -0.05) is 12.1 Å². The fourth-order valence-electron chi connectivity index (χ4n) is 4.60. The first-order valence-electron chi connectivity index (χ1n) is 11.6. The van der Waals surface area contributed by atoms with Crippen LogP contribution < -0.4 is 9.64 Å². The molecule has 0 saturated heterocycles. The molecule has 0 aliphatic carbocycles. The lowest BCUT2D eigenvalue weighted by Gasteiger charge is -2.18. The molecule has 2 heterocycles. The van der Waals surface area contributed by atoms with Crippen LogP contribution in [0.25, 0.3) is 11.8 Å². The van der Waals surface area contributed by atoms with Crippen LogP contribution in [0.2, 0.25) is 0 Å². The second-order valence-corrected chi connectivity index (χ2v) is 8.58. The van der Waals surface area contributed by atoms with Crippen molar-refractivity contribution in [1.82, 2.24) is 4.57 Å². The highest BCUT2D eigenvalue weighted by molar-refractivity contribution is 6.23. The third-order valence-corrected chi connectivity index (χ3v) is 6.23. The summed E-state index contributed by atoms with van der Waals surface area (Å²) >= 11 is 0. The predicted octanol–water partition coefficient (Wildman–Crippen LogP) is 5.68. The summed E-state index contributed by atoms with van der Waals surface area (Å²) in [6.45, 7) is 10.3. The molecule has 2 aromatic carbocycles. The highest BCUT2D eigenvalue weighted by atomic mass is 16.5. The number of aromatic nitrogens is 1. The molecule has 6 heteroatoms. The van der Waals surface area contributed by atoms with Gasteiger partial charge in [-0.25, -0.2) is 4.79 Å². The van der Waals surface area contributed by atoms with Gasteiger partial charge in [-0.15, -0.1) is 0 Å². The Balaban J connectivity index is 1.80. The van der Waals surface area contributed by atoms with E-state index in [2.05, 4.69) is 29.7 Å². The van der Waals surface area contributed by atoms with Crippen LogP contribution in [-0.4, -0.2) is 30.2 Å². The van der Waals surface area contributed by atoms with E-state index in [1.54, 1.807) is 17.9 Å². The number of ether oxygens (including phenoxy) is 2. The molecule has 0 atom stereocenters. The molecule has 180 valence electrons. The predicted molar refractivity (Wildman–Crippen MR) is 138 cm³/mol. The average Bonchev–Trinajstić information content (AvgIpc) is 3.25. The van der Waals surface area contributed by atoms with Crippen molar-refractivity contribution in [3.8, 4) is 11.4 Å². The molecule has 0 fully saturated rings. The number of hydrogen-bond donors (Lipinski definition) is 0. The van der Waals surface area contributed by atoms with Crippen molar-refractivity contribution in [3.63, 3.8) is 0 Å². The van der Waals surface area contributed by atoms with Crippen molar-refractivity contribution in [2.24, 2.45) is 0 Å². The lowest BCUT2D eigenvalue weighted by molar-refractivity contribution is -0.136. The summed E-state index contributed by atoms with van der Waals surface area (Å²) in [4.78, 5) is 28.0.